The largest absolute Gasteiger partial charge is 0.377 e. The van der Waals surface area contributed by atoms with Gasteiger partial charge in [0.2, 0.25) is 0 Å². The Bertz CT molecular complexity index is 225. The molecule has 0 spiro atoms. The Kier molecular flexibility index (Phi) is 5.03. The zero-order valence-electron chi connectivity index (χ0n) is 12.6. The summed E-state index contributed by atoms with van der Waals surface area (Å²) in [7, 11) is 3.97. The van der Waals surface area contributed by atoms with Crippen LogP contribution in [0.1, 0.15) is 59.8 Å². The molecular weight excluding hydrogens is 210 g/mol. The highest BCUT2D eigenvalue weighted by Crippen LogP contribution is 2.44. The quantitative estimate of drug-likeness (QED) is 0.794. The molecule has 2 heteroatoms. The molecule has 0 radical (unpaired) electrons. The first-order valence-corrected chi connectivity index (χ1v) is 7.08. The van der Waals surface area contributed by atoms with Crippen LogP contribution in [0.15, 0.2) is 0 Å². The summed E-state index contributed by atoms with van der Waals surface area (Å²) in [6.45, 7) is 9.34. The zero-order valence-corrected chi connectivity index (χ0v) is 12.6. The Morgan fingerprint density at radius 2 is 1.65 bits per heavy atom. The second-order valence-electron chi connectivity index (χ2n) is 6.90. The first-order chi connectivity index (χ1) is 7.85. The van der Waals surface area contributed by atoms with Crippen molar-refractivity contribution in [3.05, 3.63) is 0 Å². The number of hydrogen-bond acceptors (Lipinski definition) is 2. The molecular formula is C15H31NO. The van der Waals surface area contributed by atoms with Gasteiger partial charge in [0.1, 0.15) is 0 Å². The van der Waals surface area contributed by atoms with Crippen LogP contribution in [0.5, 0.6) is 0 Å². The van der Waals surface area contributed by atoms with E-state index in [1.165, 1.54) is 32.1 Å². The van der Waals surface area contributed by atoms with Crippen molar-refractivity contribution in [1.82, 2.24) is 5.32 Å². The van der Waals surface area contributed by atoms with E-state index in [0.29, 0.717) is 11.5 Å². The molecule has 102 valence electrons. The average molecular weight is 241 g/mol. The number of rotatable bonds is 5. The lowest BCUT2D eigenvalue weighted by Gasteiger charge is -2.47. The minimum absolute atomic E-state index is 0.0640. The summed E-state index contributed by atoms with van der Waals surface area (Å²) in [5.74, 6) is 0.717. The van der Waals surface area contributed by atoms with E-state index in [9.17, 15) is 0 Å². The van der Waals surface area contributed by atoms with Gasteiger partial charge in [0.15, 0.2) is 0 Å². The molecule has 0 aromatic carbocycles. The SMILES string of the molecule is CNC(CC(C)C)C1(OC)CCC(C)(C)CC1. The summed E-state index contributed by atoms with van der Waals surface area (Å²) < 4.78 is 5.96. The van der Waals surface area contributed by atoms with Gasteiger partial charge in [-0.3, -0.25) is 0 Å². The molecule has 1 unspecified atom stereocenters. The third-order valence-electron chi connectivity index (χ3n) is 4.55. The fraction of sp³-hybridized carbons (Fsp3) is 1.00. The molecule has 1 N–H and O–H groups in total. The number of nitrogens with one attached hydrogen (secondary N) is 1. The minimum Gasteiger partial charge on any atom is -0.377 e. The van der Waals surface area contributed by atoms with Crippen LogP contribution in [0.3, 0.4) is 0 Å². The van der Waals surface area contributed by atoms with Crippen LogP contribution in [-0.2, 0) is 4.74 Å². The van der Waals surface area contributed by atoms with Gasteiger partial charge in [0.25, 0.3) is 0 Å². The lowest BCUT2D eigenvalue weighted by molar-refractivity contribution is -0.0885. The van der Waals surface area contributed by atoms with Crippen LogP contribution in [0.2, 0.25) is 0 Å². The molecule has 0 aromatic rings. The molecule has 17 heavy (non-hydrogen) atoms. The molecule has 1 aliphatic carbocycles. The fourth-order valence-corrected chi connectivity index (χ4v) is 3.11. The molecule has 0 bridgehead atoms. The maximum atomic E-state index is 5.96. The topological polar surface area (TPSA) is 21.3 Å². The van der Waals surface area contributed by atoms with Crippen LogP contribution in [-0.4, -0.2) is 25.8 Å². The maximum absolute atomic E-state index is 5.96. The van der Waals surface area contributed by atoms with E-state index >= 15 is 0 Å². The van der Waals surface area contributed by atoms with Gasteiger partial charge in [0.05, 0.1) is 5.60 Å². The second kappa shape index (κ2) is 5.71. The van der Waals surface area contributed by atoms with E-state index in [2.05, 4.69) is 40.1 Å². The second-order valence-corrected chi connectivity index (χ2v) is 6.90. The zero-order chi connectivity index (χ0) is 13.1. The lowest BCUT2D eigenvalue weighted by Crippen LogP contribution is -2.54. The summed E-state index contributed by atoms with van der Waals surface area (Å²) >= 11 is 0. The molecule has 1 aliphatic rings. The predicted octanol–water partition coefficient (Wildman–Crippen LogP) is 3.61. The Morgan fingerprint density at radius 1 is 1.12 bits per heavy atom. The Hall–Kier alpha value is -0.0800. The Morgan fingerprint density at radius 3 is 2.00 bits per heavy atom. The van der Waals surface area contributed by atoms with Gasteiger partial charge in [-0.2, -0.15) is 0 Å². The summed E-state index contributed by atoms with van der Waals surface area (Å²) in [6, 6.07) is 0.489. The van der Waals surface area contributed by atoms with E-state index in [4.69, 9.17) is 4.74 Å². The average Bonchev–Trinajstić information content (AvgIpc) is 2.27. The van der Waals surface area contributed by atoms with Gasteiger partial charge in [-0.15, -0.1) is 0 Å². The van der Waals surface area contributed by atoms with E-state index in [-0.39, 0.29) is 5.60 Å². The fourth-order valence-electron chi connectivity index (χ4n) is 3.11. The highest BCUT2D eigenvalue weighted by atomic mass is 16.5. The third-order valence-corrected chi connectivity index (χ3v) is 4.55. The highest BCUT2D eigenvalue weighted by molar-refractivity contribution is 4.98. The molecule has 1 saturated carbocycles. The standard InChI is InChI=1S/C15H31NO/c1-12(2)11-13(16-5)15(17-6)9-7-14(3,4)8-10-15/h12-13,16H,7-11H2,1-6H3. The van der Waals surface area contributed by atoms with Crippen molar-refractivity contribution in [1.29, 1.82) is 0 Å². The van der Waals surface area contributed by atoms with Crippen molar-refractivity contribution >= 4 is 0 Å². The molecule has 0 aromatic heterocycles. The summed E-state index contributed by atoms with van der Waals surface area (Å²) in [4.78, 5) is 0. The van der Waals surface area contributed by atoms with Crippen molar-refractivity contribution in [2.24, 2.45) is 11.3 Å². The number of methoxy groups -OCH3 is 1. The molecule has 0 saturated heterocycles. The van der Waals surface area contributed by atoms with Crippen LogP contribution in [0.4, 0.5) is 0 Å². The molecule has 0 amide bonds. The van der Waals surface area contributed by atoms with Crippen molar-refractivity contribution in [3.63, 3.8) is 0 Å². The molecule has 0 heterocycles. The van der Waals surface area contributed by atoms with Gasteiger partial charge in [-0.1, -0.05) is 27.7 Å². The summed E-state index contributed by atoms with van der Waals surface area (Å²) in [5, 5.41) is 3.50. The van der Waals surface area contributed by atoms with Crippen molar-refractivity contribution in [3.8, 4) is 0 Å². The van der Waals surface area contributed by atoms with Crippen LogP contribution in [0, 0.1) is 11.3 Å². The van der Waals surface area contributed by atoms with Gasteiger partial charge >= 0.3 is 0 Å². The first-order valence-electron chi connectivity index (χ1n) is 7.08. The number of hydrogen-bond donors (Lipinski definition) is 1. The van der Waals surface area contributed by atoms with Crippen molar-refractivity contribution < 1.29 is 4.74 Å². The van der Waals surface area contributed by atoms with Gasteiger partial charge in [-0.25, -0.2) is 0 Å². The monoisotopic (exact) mass is 241 g/mol. The Balaban J connectivity index is 2.74. The third kappa shape index (κ3) is 3.69. The van der Waals surface area contributed by atoms with Crippen LogP contribution < -0.4 is 5.32 Å². The van der Waals surface area contributed by atoms with E-state index in [1.807, 2.05) is 7.11 Å². The molecule has 1 atom stereocenters. The van der Waals surface area contributed by atoms with E-state index < -0.39 is 0 Å². The van der Waals surface area contributed by atoms with Crippen LogP contribution >= 0.6 is 0 Å². The first kappa shape index (κ1) is 15.0. The Labute approximate surface area is 108 Å². The number of ether oxygens (including phenoxy) is 1. The van der Waals surface area contributed by atoms with Crippen molar-refractivity contribution in [2.75, 3.05) is 14.2 Å². The van der Waals surface area contributed by atoms with Crippen molar-refractivity contribution in [2.45, 2.75) is 71.4 Å². The summed E-state index contributed by atoms with van der Waals surface area (Å²) in [6.07, 6.45) is 6.13. The van der Waals surface area contributed by atoms with Gasteiger partial charge < -0.3 is 10.1 Å². The van der Waals surface area contributed by atoms with Gasteiger partial charge in [-0.05, 0) is 50.5 Å². The minimum atomic E-state index is 0.0640. The van der Waals surface area contributed by atoms with Gasteiger partial charge in [0, 0.05) is 13.2 Å². The smallest absolute Gasteiger partial charge is 0.0831 e. The van der Waals surface area contributed by atoms with Crippen LogP contribution in [0.25, 0.3) is 0 Å². The van der Waals surface area contributed by atoms with E-state index in [0.717, 1.165) is 5.92 Å². The molecule has 1 fully saturated rings. The highest BCUT2D eigenvalue weighted by Gasteiger charge is 2.43. The number of likely N-dealkylation sites (N-methyl/N-ethyl adjacent to an activating group) is 1. The molecule has 1 rings (SSSR count). The van der Waals surface area contributed by atoms with E-state index in [1.54, 1.807) is 0 Å². The lowest BCUT2D eigenvalue weighted by atomic mass is 9.67. The maximum Gasteiger partial charge on any atom is 0.0831 e. The predicted molar refractivity (Wildman–Crippen MR) is 74.3 cm³/mol. The normalized spacial score (nSPS) is 24.9. The molecule has 0 aliphatic heterocycles. The molecule has 2 nitrogen and oxygen atoms in total. The summed E-state index contributed by atoms with van der Waals surface area (Å²) in [5.41, 5.74) is 0.562.